The molecule has 0 atom stereocenters. The van der Waals surface area contributed by atoms with E-state index in [1.165, 1.54) is 0 Å². The monoisotopic (exact) mass is 337 g/mol. The second kappa shape index (κ2) is 8.28. The normalized spacial score (nSPS) is 9.07. The van der Waals surface area contributed by atoms with E-state index in [2.05, 4.69) is 0 Å². The Labute approximate surface area is 180 Å². The van der Waals surface area contributed by atoms with Gasteiger partial charge in [-0.3, -0.25) is 4.79 Å². The van der Waals surface area contributed by atoms with E-state index in [0.29, 0.717) is 10.4 Å². The van der Waals surface area contributed by atoms with E-state index >= 15 is 0 Å². The van der Waals surface area contributed by atoms with Gasteiger partial charge in [0.05, 0.1) is 0 Å². The Morgan fingerprint density at radius 2 is 1.86 bits per heavy atom. The van der Waals surface area contributed by atoms with Gasteiger partial charge in [-0.1, -0.05) is 13.8 Å². The van der Waals surface area contributed by atoms with Crippen molar-refractivity contribution >= 4 is 0 Å². The first-order chi connectivity index (χ1) is 5.52. The fourth-order valence-corrected chi connectivity index (χ4v) is 0.935. The predicted molar refractivity (Wildman–Crippen MR) is 43.0 cm³/mol. The zero-order valence-electron chi connectivity index (χ0n) is 8.90. The smallest absolute Gasteiger partial charge is 0.869 e. The van der Waals surface area contributed by atoms with Crippen LogP contribution >= 0.6 is 0 Å². The summed E-state index contributed by atoms with van der Waals surface area (Å²) in [7, 11) is 0. The molecule has 14 heavy (non-hydrogen) atoms. The van der Waals surface area contributed by atoms with Crippen LogP contribution in [0.4, 0.5) is 0 Å². The van der Waals surface area contributed by atoms with Crippen LogP contribution in [0, 0.1) is 5.21 Å². The standard InChI is InChI=1S/C8H10NO3.2Rb/c1-5(2)6-3-7(10)8(11)4-9(6)12;;/h3-5,11H,1-2H3;;/q-1;2*+1/p-1. The van der Waals surface area contributed by atoms with Gasteiger partial charge in [-0.05, 0) is 17.9 Å². The van der Waals surface area contributed by atoms with Crippen LogP contribution in [0.5, 0.6) is 5.75 Å². The molecule has 0 aromatic carbocycles. The molecule has 0 bridgehead atoms. The molecular weight excluding hydrogens is 329 g/mol. The molecule has 0 N–H and O–H groups in total. The zero-order valence-corrected chi connectivity index (χ0v) is 18.7. The summed E-state index contributed by atoms with van der Waals surface area (Å²) in [6.45, 7) is 3.57. The van der Waals surface area contributed by atoms with Gasteiger partial charge >= 0.3 is 116 Å². The molecule has 1 heterocycles. The summed E-state index contributed by atoms with van der Waals surface area (Å²) in [5, 5.41) is 21.7. The fraction of sp³-hybridized carbons (Fsp3) is 0.375. The maximum atomic E-state index is 11.0. The largest absolute Gasteiger partial charge is 1.00 e. The van der Waals surface area contributed by atoms with Crippen molar-refractivity contribution in [2.45, 2.75) is 19.8 Å². The summed E-state index contributed by atoms with van der Waals surface area (Å²) in [4.78, 5) is 10.8. The third-order valence-electron chi connectivity index (χ3n) is 1.60. The summed E-state index contributed by atoms with van der Waals surface area (Å²) < 4.78 is 0.453. The number of rotatable bonds is 1. The average molecular weight is 338 g/mol. The quantitative estimate of drug-likeness (QED) is 0.513. The molecule has 0 saturated carbocycles. The van der Waals surface area contributed by atoms with Crippen LogP contribution in [-0.2, 0) is 0 Å². The van der Waals surface area contributed by atoms with Crippen molar-refractivity contribution in [3.05, 3.63) is 33.4 Å². The molecule has 4 nitrogen and oxygen atoms in total. The summed E-state index contributed by atoms with van der Waals surface area (Å²) in [5.74, 6) is -0.801. The first kappa shape index (κ1) is 18.5. The van der Waals surface area contributed by atoms with E-state index in [0.717, 1.165) is 12.3 Å². The van der Waals surface area contributed by atoms with Crippen LogP contribution < -0.4 is 127 Å². The van der Waals surface area contributed by atoms with Crippen molar-refractivity contribution in [1.29, 1.82) is 0 Å². The molecule has 0 fully saturated rings. The van der Waals surface area contributed by atoms with Gasteiger partial charge in [-0.25, -0.2) is 0 Å². The summed E-state index contributed by atoms with van der Waals surface area (Å²) in [5.41, 5.74) is -0.287. The second-order valence-corrected chi connectivity index (χ2v) is 2.91. The molecule has 6 heteroatoms. The van der Waals surface area contributed by atoms with Crippen LogP contribution in [0.25, 0.3) is 0 Å². The molecule has 0 spiro atoms. The molecule has 0 aliphatic heterocycles. The zero-order chi connectivity index (χ0) is 9.30. The third-order valence-corrected chi connectivity index (χ3v) is 1.60. The van der Waals surface area contributed by atoms with Gasteiger partial charge < -0.3 is 15.0 Å². The van der Waals surface area contributed by atoms with E-state index in [1.54, 1.807) is 13.8 Å². The molecule has 0 aliphatic rings. The van der Waals surface area contributed by atoms with E-state index < -0.39 is 11.2 Å². The first-order valence-electron chi connectivity index (χ1n) is 3.63. The van der Waals surface area contributed by atoms with Crippen LogP contribution in [0.1, 0.15) is 25.5 Å². The molecular formula is C8H9NO3Rb2. The Morgan fingerprint density at radius 1 is 1.36 bits per heavy atom. The molecule has 0 unspecified atom stereocenters. The van der Waals surface area contributed by atoms with E-state index in [-0.39, 0.29) is 122 Å². The molecule has 0 aliphatic carbocycles. The Balaban J connectivity index is 0. The van der Waals surface area contributed by atoms with Crippen LogP contribution in [0.2, 0.25) is 0 Å². The summed E-state index contributed by atoms with van der Waals surface area (Å²) in [6, 6.07) is 1.10. The number of nitrogens with zero attached hydrogens (tertiary/aromatic N) is 1. The van der Waals surface area contributed by atoms with Crippen molar-refractivity contribution in [1.82, 2.24) is 4.73 Å². The van der Waals surface area contributed by atoms with Crippen LogP contribution in [-0.4, -0.2) is 4.73 Å². The summed E-state index contributed by atoms with van der Waals surface area (Å²) in [6.07, 6.45) is 0.775. The van der Waals surface area contributed by atoms with Crippen molar-refractivity contribution in [3.63, 3.8) is 0 Å². The molecule has 1 rings (SSSR count). The Bertz CT molecular complexity index is 349. The topological polar surface area (TPSA) is 68.1 Å². The van der Waals surface area contributed by atoms with Gasteiger partial charge in [-0.2, -0.15) is 0 Å². The fourth-order valence-electron chi connectivity index (χ4n) is 0.935. The molecule has 0 radical (unpaired) electrons. The van der Waals surface area contributed by atoms with Gasteiger partial charge in [0.25, 0.3) is 0 Å². The molecule has 1 aromatic rings. The Hall–Kier alpha value is 2.16. The molecule has 66 valence electrons. The predicted octanol–water partition coefficient (Wildman–Crippen LogP) is -5.60. The van der Waals surface area contributed by atoms with E-state index in [1.807, 2.05) is 0 Å². The molecule has 0 amide bonds. The second-order valence-electron chi connectivity index (χ2n) is 2.91. The van der Waals surface area contributed by atoms with Crippen molar-refractivity contribution in [2.75, 3.05) is 0 Å². The third kappa shape index (κ3) is 4.99. The van der Waals surface area contributed by atoms with E-state index in [4.69, 9.17) is 0 Å². The van der Waals surface area contributed by atoms with Gasteiger partial charge in [0.2, 0.25) is 0 Å². The van der Waals surface area contributed by atoms with Crippen LogP contribution in [0.15, 0.2) is 17.1 Å². The minimum Gasteiger partial charge on any atom is -0.869 e. The Morgan fingerprint density at radius 3 is 2.29 bits per heavy atom. The van der Waals surface area contributed by atoms with Crippen molar-refractivity contribution in [3.8, 4) is 5.75 Å². The van der Waals surface area contributed by atoms with Gasteiger partial charge in [0.15, 0.2) is 5.43 Å². The van der Waals surface area contributed by atoms with Gasteiger partial charge in [0.1, 0.15) is 0 Å². The average Bonchev–Trinajstić information content (AvgIpc) is 1.96. The van der Waals surface area contributed by atoms with Crippen molar-refractivity contribution < 1.29 is 121 Å². The molecule has 0 saturated heterocycles. The maximum Gasteiger partial charge on any atom is 1.00 e. The van der Waals surface area contributed by atoms with Gasteiger partial charge in [0, 0.05) is 11.8 Å². The number of hydrogen-bond acceptors (Lipinski definition) is 3. The first-order valence-corrected chi connectivity index (χ1v) is 3.63. The summed E-state index contributed by atoms with van der Waals surface area (Å²) >= 11 is 0. The van der Waals surface area contributed by atoms with Gasteiger partial charge in [-0.15, -0.1) is 0 Å². The van der Waals surface area contributed by atoms with Crippen molar-refractivity contribution in [2.24, 2.45) is 0 Å². The SMILES string of the molecule is CC(C)c1cc(=O)c([O-])cn1[O-].[Rb+].[Rb+]. The number of hydrogen-bond donors (Lipinski definition) is 0. The Kier molecular flexibility index (Phi) is 11.0. The van der Waals surface area contributed by atoms with Crippen LogP contribution in [0.3, 0.4) is 0 Å². The maximum absolute atomic E-state index is 11.0. The number of pyridine rings is 1. The number of aromatic nitrogens is 1. The van der Waals surface area contributed by atoms with E-state index in [9.17, 15) is 15.1 Å². The minimum absolute atomic E-state index is 0. The molecule has 1 aromatic heterocycles. The minimum atomic E-state index is -0.755.